The van der Waals surface area contributed by atoms with E-state index in [0.717, 1.165) is 66.3 Å². The molecule has 0 aliphatic carbocycles. The van der Waals surface area contributed by atoms with Crippen LogP contribution >= 0.6 is 0 Å². The summed E-state index contributed by atoms with van der Waals surface area (Å²) < 4.78 is 26.7. The number of ether oxygens (including phenoxy) is 2. The molecule has 41 heavy (non-hydrogen) atoms. The third kappa shape index (κ3) is 5.19. The van der Waals surface area contributed by atoms with Crippen LogP contribution in [0.2, 0.25) is 0 Å². The highest BCUT2D eigenvalue weighted by molar-refractivity contribution is 5.86. The highest BCUT2D eigenvalue weighted by Gasteiger charge is 2.44. The molecule has 0 saturated carbocycles. The third-order valence-electron chi connectivity index (χ3n) is 8.40. The Balaban J connectivity index is 1.20. The van der Waals surface area contributed by atoms with Crippen LogP contribution in [0.4, 0.5) is 15.9 Å². The van der Waals surface area contributed by atoms with Gasteiger partial charge in [-0.2, -0.15) is 10.4 Å². The van der Waals surface area contributed by atoms with E-state index < -0.39 is 0 Å². The first-order valence-electron chi connectivity index (χ1n) is 13.9. The van der Waals surface area contributed by atoms with Crippen molar-refractivity contribution in [1.82, 2.24) is 19.5 Å². The summed E-state index contributed by atoms with van der Waals surface area (Å²) in [7, 11) is 1.47. The maximum Gasteiger partial charge on any atom is 0.160 e. The van der Waals surface area contributed by atoms with Crippen LogP contribution in [0.3, 0.4) is 0 Å². The molecule has 0 aromatic carbocycles. The van der Waals surface area contributed by atoms with Crippen molar-refractivity contribution in [3.8, 4) is 17.2 Å². The van der Waals surface area contributed by atoms with Crippen LogP contribution in [0.15, 0.2) is 72.7 Å². The Morgan fingerprint density at radius 1 is 1.22 bits per heavy atom. The minimum absolute atomic E-state index is 0.263. The molecule has 212 valence electrons. The minimum Gasteiger partial charge on any atom is -0.498 e. The topological polar surface area (TPSA) is 82.2 Å². The molecular formula is C31H34FN7O2. The average Bonchev–Trinajstić information content (AvgIpc) is 3.45. The number of hydrogen-bond acceptors (Lipinski definition) is 8. The van der Waals surface area contributed by atoms with Gasteiger partial charge in [0.2, 0.25) is 0 Å². The van der Waals surface area contributed by atoms with Gasteiger partial charge < -0.3 is 19.3 Å². The Morgan fingerprint density at radius 3 is 2.66 bits per heavy atom. The van der Waals surface area contributed by atoms with Gasteiger partial charge in [0.25, 0.3) is 0 Å². The highest BCUT2D eigenvalue weighted by Crippen LogP contribution is 2.36. The monoisotopic (exact) mass is 555 g/mol. The second-order valence-corrected chi connectivity index (χ2v) is 10.7. The molecule has 2 bridgehead atoms. The van der Waals surface area contributed by atoms with Crippen molar-refractivity contribution in [2.75, 3.05) is 62.8 Å². The number of hydrogen-bond donors (Lipinski definition) is 0. The van der Waals surface area contributed by atoms with Gasteiger partial charge in [-0.25, -0.2) is 13.9 Å². The van der Waals surface area contributed by atoms with Gasteiger partial charge in [-0.3, -0.25) is 4.90 Å². The fraction of sp³-hybridized carbons (Fsp3) is 0.387. The minimum atomic E-state index is -0.371. The quantitative estimate of drug-likeness (QED) is 0.300. The smallest absolute Gasteiger partial charge is 0.160 e. The lowest BCUT2D eigenvalue weighted by molar-refractivity contribution is 0.00879. The first-order valence-corrected chi connectivity index (χ1v) is 13.9. The van der Waals surface area contributed by atoms with Crippen molar-refractivity contribution in [3.05, 3.63) is 78.2 Å². The zero-order valence-corrected chi connectivity index (χ0v) is 23.5. The summed E-state index contributed by atoms with van der Waals surface area (Å²) in [6.45, 7) is 10.9. The number of pyridine rings is 2. The number of rotatable bonds is 8. The van der Waals surface area contributed by atoms with E-state index in [0.29, 0.717) is 37.4 Å². The fourth-order valence-electron chi connectivity index (χ4n) is 6.01. The summed E-state index contributed by atoms with van der Waals surface area (Å²) in [5, 5.41) is 14.2. The molecule has 4 saturated heterocycles. The van der Waals surface area contributed by atoms with Crippen LogP contribution in [-0.4, -0.2) is 84.6 Å². The first-order chi connectivity index (χ1) is 20.0. The number of allylic oxidation sites excluding steroid dienone is 3. The number of halogens is 1. The molecule has 0 N–H and O–H groups in total. The molecule has 4 aliphatic rings. The second-order valence-electron chi connectivity index (χ2n) is 10.7. The zero-order valence-electron chi connectivity index (χ0n) is 23.5. The van der Waals surface area contributed by atoms with Gasteiger partial charge in [0.05, 0.1) is 49.5 Å². The Kier molecular flexibility index (Phi) is 7.47. The predicted octanol–water partition coefficient (Wildman–Crippen LogP) is 4.33. The Bertz CT molecular complexity index is 1540. The third-order valence-corrected chi connectivity index (χ3v) is 8.40. The van der Waals surface area contributed by atoms with Crippen molar-refractivity contribution in [1.29, 1.82) is 5.26 Å². The fourth-order valence-corrected chi connectivity index (χ4v) is 6.01. The van der Waals surface area contributed by atoms with Gasteiger partial charge in [-0.1, -0.05) is 12.7 Å². The molecule has 0 amide bonds. The van der Waals surface area contributed by atoms with Gasteiger partial charge in [-0.05, 0) is 43.2 Å². The molecule has 2 atom stereocenters. The SMILES string of the molecule is C=C/C(=C\C(F)=C(/C)OC)CN1C2CC1CN(c1ccc(-c3cc(N4CCOCC4)cn4ncc(C#N)c34)cn1)C2. The van der Waals surface area contributed by atoms with E-state index in [4.69, 9.17) is 14.5 Å². The molecule has 4 fully saturated rings. The van der Waals surface area contributed by atoms with Gasteiger partial charge in [0.15, 0.2) is 5.83 Å². The first kappa shape index (κ1) is 27.0. The van der Waals surface area contributed by atoms with E-state index in [9.17, 15) is 9.65 Å². The Morgan fingerprint density at radius 2 is 2.00 bits per heavy atom. The number of nitriles is 1. The van der Waals surface area contributed by atoms with Crippen LogP contribution in [0.1, 0.15) is 18.9 Å². The molecule has 4 aliphatic heterocycles. The van der Waals surface area contributed by atoms with Crippen LogP contribution in [0.25, 0.3) is 16.6 Å². The molecule has 3 aromatic heterocycles. The summed E-state index contributed by atoms with van der Waals surface area (Å²) in [4.78, 5) is 11.9. The number of nitrogens with zero attached hydrogens (tertiary/aromatic N) is 7. The standard InChI is InChI=1S/C31H34FN7O2/c1-4-22(11-29(32)21(2)40-3)17-38-26-12-27(38)19-37(18-26)30-6-5-23(15-34-30)28-13-25(36-7-9-41-10-8-36)20-39-31(28)24(14-33)16-35-39/h4-6,11,13,15-16,20,26-27H,1,7-10,12,17-19H2,2-3H3/b22-11+,29-21-. The molecule has 0 spiro atoms. The molecule has 10 heteroatoms. The molecular weight excluding hydrogens is 521 g/mol. The van der Waals surface area contributed by atoms with E-state index in [-0.39, 0.29) is 11.6 Å². The number of fused-ring (bicyclic) bond motifs is 3. The molecule has 7 rings (SSSR count). The van der Waals surface area contributed by atoms with Crippen molar-refractivity contribution < 1.29 is 13.9 Å². The summed E-state index contributed by atoms with van der Waals surface area (Å²) in [5.41, 5.74) is 5.08. The summed E-state index contributed by atoms with van der Waals surface area (Å²) in [6.07, 6.45) is 9.85. The number of piperazine rings is 1. The van der Waals surface area contributed by atoms with Crippen molar-refractivity contribution in [3.63, 3.8) is 0 Å². The maximum absolute atomic E-state index is 14.3. The van der Waals surface area contributed by atoms with Crippen LogP contribution in [0.5, 0.6) is 0 Å². The number of anilines is 2. The van der Waals surface area contributed by atoms with Gasteiger partial charge in [0, 0.05) is 62.1 Å². The Hall–Kier alpha value is -4.20. The lowest BCUT2D eigenvalue weighted by Crippen LogP contribution is -2.69. The number of piperidine rings is 1. The van der Waals surface area contributed by atoms with Crippen molar-refractivity contribution in [2.45, 2.75) is 25.4 Å². The largest absolute Gasteiger partial charge is 0.498 e. The predicted molar refractivity (Wildman–Crippen MR) is 156 cm³/mol. The second kappa shape index (κ2) is 11.4. The number of morpholine rings is 1. The number of aromatic nitrogens is 3. The molecule has 0 radical (unpaired) electrons. The van der Waals surface area contributed by atoms with Gasteiger partial charge >= 0.3 is 0 Å². The Labute approximate surface area is 239 Å². The van der Waals surface area contributed by atoms with E-state index >= 15 is 0 Å². The van der Waals surface area contributed by atoms with E-state index in [1.165, 1.54) is 13.2 Å². The van der Waals surface area contributed by atoms with Crippen LogP contribution in [0, 0.1) is 11.3 Å². The zero-order chi connectivity index (χ0) is 28.5. The van der Waals surface area contributed by atoms with Crippen molar-refractivity contribution >= 4 is 17.0 Å². The van der Waals surface area contributed by atoms with Crippen LogP contribution < -0.4 is 9.80 Å². The van der Waals surface area contributed by atoms with Gasteiger partial charge in [0.1, 0.15) is 17.6 Å². The normalized spacial score (nSPS) is 21.8. The molecule has 2 unspecified atom stereocenters. The lowest BCUT2D eigenvalue weighted by Gasteiger charge is -2.56. The lowest BCUT2D eigenvalue weighted by atomic mass is 9.86. The molecule has 3 aromatic rings. The highest BCUT2D eigenvalue weighted by atomic mass is 19.1. The molecule has 7 heterocycles. The summed E-state index contributed by atoms with van der Waals surface area (Å²) in [5.74, 6) is 0.825. The average molecular weight is 556 g/mol. The number of methoxy groups -OCH3 is 1. The van der Waals surface area contributed by atoms with Gasteiger partial charge in [-0.15, -0.1) is 0 Å². The van der Waals surface area contributed by atoms with Crippen LogP contribution in [-0.2, 0) is 9.47 Å². The molecule has 9 nitrogen and oxygen atoms in total. The maximum atomic E-state index is 14.3. The van der Waals surface area contributed by atoms with Crippen molar-refractivity contribution in [2.24, 2.45) is 0 Å². The van der Waals surface area contributed by atoms with E-state index in [1.54, 1.807) is 23.7 Å². The van der Waals surface area contributed by atoms with E-state index in [2.05, 4.69) is 50.6 Å². The summed E-state index contributed by atoms with van der Waals surface area (Å²) >= 11 is 0. The summed E-state index contributed by atoms with van der Waals surface area (Å²) in [6, 6.07) is 9.31. The van der Waals surface area contributed by atoms with E-state index in [1.807, 2.05) is 12.4 Å².